The summed E-state index contributed by atoms with van der Waals surface area (Å²) < 4.78 is 26.4. The van der Waals surface area contributed by atoms with Crippen molar-refractivity contribution >= 4 is 17.5 Å². The van der Waals surface area contributed by atoms with Crippen molar-refractivity contribution < 1.29 is 18.4 Å². The average Bonchev–Trinajstić information content (AvgIpc) is 3.16. The minimum atomic E-state index is -1.01. The van der Waals surface area contributed by atoms with Crippen LogP contribution < -0.4 is 10.6 Å². The maximum atomic E-state index is 13.4. The standard InChI is InChI=1S/C16H19F2N3O2/c17-13-4-3-10(8-14(13)18)21-7-5-12(16(21)23)15(22)20-6-1-2-11(20)9-19/h3-4,8,11-12H,1-2,5-7,9,19H2/t11-,12-/m1/s1. The van der Waals surface area contributed by atoms with Crippen molar-refractivity contribution in [3.05, 3.63) is 29.8 Å². The molecule has 0 aromatic heterocycles. The van der Waals surface area contributed by atoms with E-state index in [1.165, 1.54) is 11.0 Å². The van der Waals surface area contributed by atoms with Gasteiger partial charge in [0, 0.05) is 37.4 Å². The molecule has 1 aromatic carbocycles. The molecule has 2 atom stereocenters. The summed E-state index contributed by atoms with van der Waals surface area (Å²) in [5.41, 5.74) is 5.96. The van der Waals surface area contributed by atoms with Gasteiger partial charge in [-0.1, -0.05) is 0 Å². The Kier molecular flexibility index (Phi) is 4.30. The molecule has 124 valence electrons. The smallest absolute Gasteiger partial charge is 0.239 e. The number of hydrogen-bond acceptors (Lipinski definition) is 3. The second kappa shape index (κ2) is 6.23. The lowest BCUT2D eigenvalue weighted by Gasteiger charge is -2.26. The van der Waals surface area contributed by atoms with E-state index in [-0.39, 0.29) is 23.5 Å². The zero-order chi connectivity index (χ0) is 16.6. The minimum absolute atomic E-state index is 0.00684. The van der Waals surface area contributed by atoms with E-state index >= 15 is 0 Å². The Bertz CT molecular complexity index is 638. The van der Waals surface area contributed by atoms with Crippen LogP contribution in [0.25, 0.3) is 0 Å². The summed E-state index contributed by atoms with van der Waals surface area (Å²) in [6.07, 6.45) is 2.13. The molecule has 2 N–H and O–H groups in total. The number of likely N-dealkylation sites (tertiary alicyclic amines) is 1. The van der Waals surface area contributed by atoms with Crippen LogP contribution in [0.2, 0.25) is 0 Å². The lowest BCUT2D eigenvalue weighted by molar-refractivity contribution is -0.140. The highest BCUT2D eigenvalue weighted by molar-refractivity contribution is 6.09. The van der Waals surface area contributed by atoms with Crippen molar-refractivity contribution in [1.82, 2.24) is 4.90 Å². The van der Waals surface area contributed by atoms with Gasteiger partial charge in [-0.3, -0.25) is 9.59 Å². The molecule has 0 saturated carbocycles. The summed E-state index contributed by atoms with van der Waals surface area (Å²) in [7, 11) is 0. The van der Waals surface area contributed by atoms with Crippen LogP contribution in [-0.2, 0) is 9.59 Å². The fourth-order valence-corrected chi connectivity index (χ4v) is 3.39. The third-order valence-corrected chi connectivity index (χ3v) is 4.65. The monoisotopic (exact) mass is 323 g/mol. The van der Waals surface area contributed by atoms with Crippen LogP contribution in [0, 0.1) is 17.6 Å². The molecule has 2 amide bonds. The molecule has 1 aromatic rings. The van der Waals surface area contributed by atoms with Gasteiger partial charge in [0.2, 0.25) is 11.8 Å². The number of carbonyl (C=O) groups excluding carboxylic acids is 2. The second-order valence-corrected chi connectivity index (χ2v) is 5.99. The first-order chi connectivity index (χ1) is 11.0. The van der Waals surface area contributed by atoms with Gasteiger partial charge in [0.05, 0.1) is 0 Å². The quantitative estimate of drug-likeness (QED) is 0.852. The lowest BCUT2D eigenvalue weighted by Crippen LogP contribution is -2.45. The molecule has 0 bridgehead atoms. The van der Waals surface area contributed by atoms with Gasteiger partial charge in [0.25, 0.3) is 0 Å². The molecule has 23 heavy (non-hydrogen) atoms. The number of hydrogen-bond donors (Lipinski definition) is 1. The topological polar surface area (TPSA) is 66.6 Å². The first-order valence-electron chi connectivity index (χ1n) is 7.80. The van der Waals surface area contributed by atoms with E-state index in [1.807, 2.05) is 0 Å². The number of nitrogens with two attached hydrogens (primary N) is 1. The Morgan fingerprint density at radius 3 is 2.70 bits per heavy atom. The molecule has 3 rings (SSSR count). The molecule has 2 aliphatic rings. The van der Waals surface area contributed by atoms with Crippen LogP contribution in [0.5, 0.6) is 0 Å². The van der Waals surface area contributed by atoms with E-state index in [4.69, 9.17) is 5.73 Å². The van der Waals surface area contributed by atoms with Gasteiger partial charge < -0.3 is 15.5 Å². The van der Waals surface area contributed by atoms with Gasteiger partial charge in [0.15, 0.2) is 11.6 Å². The number of halogens is 2. The van der Waals surface area contributed by atoms with Crippen molar-refractivity contribution in [2.75, 3.05) is 24.5 Å². The van der Waals surface area contributed by atoms with Crippen molar-refractivity contribution in [2.45, 2.75) is 25.3 Å². The molecular formula is C16H19F2N3O2. The molecule has 2 fully saturated rings. The van der Waals surface area contributed by atoms with Crippen molar-refractivity contribution in [2.24, 2.45) is 11.7 Å². The first-order valence-corrected chi connectivity index (χ1v) is 7.80. The van der Waals surface area contributed by atoms with Crippen LogP contribution in [0.15, 0.2) is 18.2 Å². The normalized spacial score (nSPS) is 24.6. The fraction of sp³-hybridized carbons (Fsp3) is 0.500. The van der Waals surface area contributed by atoms with Crippen LogP contribution in [0.1, 0.15) is 19.3 Å². The highest BCUT2D eigenvalue weighted by Crippen LogP contribution is 2.29. The highest BCUT2D eigenvalue weighted by atomic mass is 19.2. The number of anilines is 1. The summed E-state index contributed by atoms with van der Waals surface area (Å²) in [5, 5.41) is 0. The Balaban J connectivity index is 1.76. The van der Waals surface area contributed by atoms with Gasteiger partial charge in [-0.15, -0.1) is 0 Å². The summed E-state index contributed by atoms with van der Waals surface area (Å²) in [4.78, 5) is 28.2. The maximum Gasteiger partial charge on any atom is 0.239 e. The third-order valence-electron chi connectivity index (χ3n) is 4.65. The highest BCUT2D eigenvalue weighted by Gasteiger charge is 2.42. The summed E-state index contributed by atoms with van der Waals surface area (Å²) in [6.45, 7) is 1.33. The number of amides is 2. The molecule has 0 spiro atoms. The zero-order valence-electron chi connectivity index (χ0n) is 12.7. The number of rotatable bonds is 3. The lowest BCUT2D eigenvalue weighted by atomic mass is 10.1. The number of nitrogens with zero attached hydrogens (tertiary/aromatic N) is 2. The molecule has 2 aliphatic heterocycles. The molecular weight excluding hydrogens is 304 g/mol. The maximum absolute atomic E-state index is 13.4. The first kappa shape index (κ1) is 15.9. The van der Waals surface area contributed by atoms with E-state index < -0.39 is 17.6 Å². The van der Waals surface area contributed by atoms with Gasteiger partial charge >= 0.3 is 0 Å². The van der Waals surface area contributed by atoms with Crippen molar-refractivity contribution in [3.8, 4) is 0 Å². The predicted octanol–water partition coefficient (Wildman–Crippen LogP) is 1.27. The molecule has 5 nitrogen and oxygen atoms in total. The zero-order valence-corrected chi connectivity index (χ0v) is 12.7. The van der Waals surface area contributed by atoms with E-state index in [2.05, 4.69) is 0 Å². The summed E-state index contributed by atoms with van der Waals surface area (Å²) >= 11 is 0. The molecule has 0 radical (unpaired) electrons. The SMILES string of the molecule is NC[C@H]1CCCN1C(=O)[C@H]1CCN(c2ccc(F)c(F)c2)C1=O. The average molecular weight is 323 g/mol. The van der Waals surface area contributed by atoms with E-state index in [0.29, 0.717) is 26.1 Å². The Labute approximate surface area is 133 Å². The van der Waals surface area contributed by atoms with E-state index in [1.54, 1.807) is 4.90 Å². The minimum Gasteiger partial charge on any atom is -0.338 e. The van der Waals surface area contributed by atoms with Gasteiger partial charge in [-0.2, -0.15) is 0 Å². The Morgan fingerprint density at radius 2 is 2.00 bits per heavy atom. The van der Waals surface area contributed by atoms with Crippen LogP contribution >= 0.6 is 0 Å². The summed E-state index contributed by atoms with van der Waals surface area (Å²) in [5.74, 6) is -3.28. The fourth-order valence-electron chi connectivity index (χ4n) is 3.39. The van der Waals surface area contributed by atoms with Crippen LogP contribution in [0.4, 0.5) is 14.5 Å². The molecule has 7 heteroatoms. The Morgan fingerprint density at radius 1 is 1.22 bits per heavy atom. The van der Waals surface area contributed by atoms with Crippen molar-refractivity contribution in [3.63, 3.8) is 0 Å². The van der Waals surface area contributed by atoms with E-state index in [9.17, 15) is 18.4 Å². The van der Waals surface area contributed by atoms with Gasteiger partial charge in [-0.05, 0) is 31.4 Å². The third kappa shape index (κ3) is 2.81. The number of benzene rings is 1. The van der Waals surface area contributed by atoms with Gasteiger partial charge in [-0.25, -0.2) is 8.78 Å². The largest absolute Gasteiger partial charge is 0.338 e. The molecule has 2 saturated heterocycles. The number of carbonyl (C=O) groups is 2. The Hall–Kier alpha value is -2.02. The molecule has 0 unspecified atom stereocenters. The summed E-state index contributed by atoms with van der Waals surface area (Å²) in [6, 6.07) is 3.31. The van der Waals surface area contributed by atoms with E-state index in [0.717, 1.165) is 25.0 Å². The van der Waals surface area contributed by atoms with Crippen molar-refractivity contribution in [1.29, 1.82) is 0 Å². The second-order valence-electron chi connectivity index (χ2n) is 5.99. The molecule has 0 aliphatic carbocycles. The molecule has 2 heterocycles. The van der Waals surface area contributed by atoms with Gasteiger partial charge in [0.1, 0.15) is 5.92 Å². The van der Waals surface area contributed by atoms with Crippen LogP contribution in [-0.4, -0.2) is 42.4 Å². The van der Waals surface area contributed by atoms with Crippen LogP contribution in [0.3, 0.4) is 0 Å². The predicted molar refractivity (Wildman–Crippen MR) is 80.6 cm³/mol.